The summed E-state index contributed by atoms with van der Waals surface area (Å²) < 4.78 is 5.49. The first-order valence-electron chi connectivity index (χ1n) is 8.59. The largest absolute Gasteiger partial charge is 0.495 e. The number of hydrogen-bond donors (Lipinski definition) is 2. The highest BCUT2D eigenvalue weighted by Crippen LogP contribution is 2.36. The molecule has 6 heteroatoms. The average molecular weight is 395 g/mol. The molecule has 1 aromatic heterocycles. The number of rotatable bonds is 5. The Morgan fingerprint density at radius 3 is 2.18 bits per heavy atom. The van der Waals surface area contributed by atoms with Crippen molar-refractivity contribution in [2.45, 2.75) is 6.42 Å². The number of methoxy groups -OCH3 is 1. The fourth-order valence-electron chi connectivity index (χ4n) is 3.23. The van der Waals surface area contributed by atoms with Crippen molar-refractivity contribution in [2.24, 2.45) is 0 Å². The van der Waals surface area contributed by atoms with Gasteiger partial charge in [0.25, 0.3) is 0 Å². The van der Waals surface area contributed by atoms with Crippen LogP contribution in [-0.4, -0.2) is 23.2 Å². The summed E-state index contributed by atoms with van der Waals surface area (Å²) in [6.07, 6.45) is -0.0439. The molecule has 4 rings (SSSR count). The smallest absolute Gasteiger partial charge is 0.307 e. The van der Waals surface area contributed by atoms with Gasteiger partial charge >= 0.3 is 5.97 Å². The lowest BCUT2D eigenvalue weighted by molar-refractivity contribution is -0.136. The molecule has 0 bridgehead atoms. The Bertz CT molecular complexity index is 1110. The lowest BCUT2D eigenvalue weighted by atomic mass is 10.1. The van der Waals surface area contributed by atoms with Crippen LogP contribution in [0.4, 0.5) is 11.4 Å². The van der Waals surface area contributed by atoms with Crippen LogP contribution in [0.2, 0.25) is 0 Å². The number of aromatic nitrogens is 1. The van der Waals surface area contributed by atoms with Gasteiger partial charge in [-0.3, -0.25) is 4.79 Å². The Hall–Kier alpha value is -3.31. The number of carboxylic acids is 1. The number of ether oxygens (including phenoxy) is 1. The molecular formula is C22H19ClN2O3. The first-order valence-corrected chi connectivity index (χ1v) is 8.59. The number of pyridine rings is 1. The highest BCUT2D eigenvalue weighted by Gasteiger charge is 2.12. The molecule has 0 aliphatic carbocycles. The van der Waals surface area contributed by atoms with Gasteiger partial charge in [0.2, 0.25) is 0 Å². The first-order chi connectivity index (χ1) is 13.2. The van der Waals surface area contributed by atoms with Crippen molar-refractivity contribution in [3.63, 3.8) is 0 Å². The first kappa shape index (κ1) is 19.5. The highest BCUT2D eigenvalue weighted by atomic mass is 35.5. The number of halogens is 1. The Balaban J connectivity index is 0.00000225. The van der Waals surface area contributed by atoms with Crippen molar-refractivity contribution in [1.82, 2.24) is 4.98 Å². The number of anilines is 2. The molecule has 0 fully saturated rings. The fraction of sp³-hybridized carbons (Fsp3) is 0.0909. The van der Waals surface area contributed by atoms with Crippen LogP contribution in [0.15, 0.2) is 66.7 Å². The van der Waals surface area contributed by atoms with Gasteiger partial charge in [-0.2, -0.15) is 0 Å². The van der Waals surface area contributed by atoms with E-state index in [4.69, 9.17) is 14.8 Å². The number of hydrogen-bond acceptors (Lipinski definition) is 4. The molecule has 0 spiro atoms. The SMILES string of the molecule is COc1cc(CC(=O)O)ccc1Nc1c2ccccc2nc2ccccc12.Cl. The van der Waals surface area contributed by atoms with Gasteiger partial charge in [0.1, 0.15) is 5.75 Å². The molecule has 0 aliphatic rings. The number of aliphatic carboxylic acids is 1. The minimum atomic E-state index is -0.871. The van der Waals surface area contributed by atoms with Gasteiger partial charge in [0.05, 0.1) is 35.9 Å². The zero-order valence-corrected chi connectivity index (χ0v) is 16.0. The van der Waals surface area contributed by atoms with Gasteiger partial charge in [-0.25, -0.2) is 4.98 Å². The van der Waals surface area contributed by atoms with Gasteiger partial charge in [0, 0.05) is 10.8 Å². The van der Waals surface area contributed by atoms with Crippen LogP contribution in [0.25, 0.3) is 21.8 Å². The summed E-state index contributed by atoms with van der Waals surface area (Å²) in [5.41, 5.74) is 4.21. The Kier molecular flexibility index (Phi) is 5.66. The lowest BCUT2D eigenvalue weighted by Crippen LogP contribution is -2.02. The van der Waals surface area contributed by atoms with E-state index >= 15 is 0 Å². The second kappa shape index (κ2) is 8.15. The summed E-state index contributed by atoms with van der Waals surface area (Å²) in [6.45, 7) is 0. The number of nitrogens with zero attached hydrogens (tertiary/aromatic N) is 1. The van der Waals surface area contributed by atoms with E-state index in [9.17, 15) is 4.79 Å². The van der Waals surface area contributed by atoms with Crippen molar-refractivity contribution in [3.05, 3.63) is 72.3 Å². The standard InChI is InChI=1S/C22H18N2O3.ClH/c1-27-20-12-14(13-21(25)26)10-11-19(20)24-22-15-6-2-4-8-17(15)23-18-9-5-3-7-16(18)22;/h2-12H,13H2,1H3,(H,23,24)(H,25,26);1H. The van der Waals surface area contributed by atoms with Crippen LogP contribution in [0.5, 0.6) is 5.75 Å². The third kappa shape index (κ3) is 3.70. The average Bonchev–Trinajstić information content (AvgIpc) is 2.68. The third-order valence-corrected chi connectivity index (χ3v) is 4.47. The summed E-state index contributed by atoms with van der Waals surface area (Å²) >= 11 is 0. The predicted octanol–water partition coefficient (Wildman–Crippen LogP) is 5.19. The highest BCUT2D eigenvalue weighted by molar-refractivity contribution is 6.08. The van der Waals surface area contributed by atoms with Crippen molar-refractivity contribution in [3.8, 4) is 5.75 Å². The van der Waals surface area contributed by atoms with E-state index in [-0.39, 0.29) is 18.8 Å². The molecule has 0 amide bonds. The molecule has 0 atom stereocenters. The van der Waals surface area contributed by atoms with Gasteiger partial charge in [0.15, 0.2) is 0 Å². The van der Waals surface area contributed by atoms with E-state index < -0.39 is 5.97 Å². The molecule has 142 valence electrons. The minimum Gasteiger partial charge on any atom is -0.495 e. The summed E-state index contributed by atoms with van der Waals surface area (Å²) in [6, 6.07) is 21.3. The number of carbonyl (C=O) groups is 1. The number of fused-ring (bicyclic) bond motifs is 2. The van der Waals surface area contributed by atoms with Crippen molar-refractivity contribution in [2.75, 3.05) is 12.4 Å². The summed E-state index contributed by atoms with van der Waals surface area (Å²) in [7, 11) is 1.58. The molecule has 2 N–H and O–H groups in total. The zero-order valence-electron chi connectivity index (χ0n) is 15.2. The second-order valence-electron chi connectivity index (χ2n) is 6.25. The van der Waals surface area contributed by atoms with Crippen LogP contribution in [0, 0.1) is 0 Å². The molecule has 0 saturated carbocycles. The zero-order chi connectivity index (χ0) is 18.8. The van der Waals surface area contributed by atoms with Gasteiger partial charge in [-0.05, 0) is 29.8 Å². The summed E-state index contributed by atoms with van der Waals surface area (Å²) in [5, 5.41) is 14.5. The van der Waals surface area contributed by atoms with Gasteiger partial charge < -0.3 is 15.2 Å². The monoisotopic (exact) mass is 394 g/mol. The second-order valence-corrected chi connectivity index (χ2v) is 6.25. The molecule has 4 aromatic rings. The quantitative estimate of drug-likeness (QED) is 0.456. The van der Waals surface area contributed by atoms with Gasteiger partial charge in [-0.15, -0.1) is 12.4 Å². The summed E-state index contributed by atoms with van der Waals surface area (Å²) in [4.78, 5) is 15.7. The lowest BCUT2D eigenvalue weighted by Gasteiger charge is -2.16. The van der Waals surface area contributed by atoms with E-state index in [2.05, 4.69) is 5.32 Å². The Morgan fingerprint density at radius 2 is 1.61 bits per heavy atom. The molecule has 28 heavy (non-hydrogen) atoms. The normalized spacial score (nSPS) is 10.5. The molecule has 0 radical (unpaired) electrons. The Morgan fingerprint density at radius 1 is 1.00 bits per heavy atom. The maximum absolute atomic E-state index is 11.0. The van der Waals surface area contributed by atoms with E-state index in [1.165, 1.54) is 0 Å². The van der Waals surface area contributed by atoms with E-state index in [0.29, 0.717) is 11.3 Å². The molecular weight excluding hydrogens is 376 g/mol. The number of para-hydroxylation sites is 2. The van der Waals surface area contributed by atoms with E-state index in [1.54, 1.807) is 19.2 Å². The summed E-state index contributed by atoms with van der Waals surface area (Å²) in [5.74, 6) is -0.275. The van der Waals surface area contributed by atoms with E-state index in [0.717, 1.165) is 33.2 Å². The maximum Gasteiger partial charge on any atom is 0.307 e. The van der Waals surface area contributed by atoms with E-state index in [1.807, 2.05) is 54.6 Å². The molecule has 0 saturated heterocycles. The van der Waals surface area contributed by atoms with Crippen LogP contribution in [0.1, 0.15) is 5.56 Å². The molecule has 5 nitrogen and oxygen atoms in total. The maximum atomic E-state index is 11.0. The third-order valence-electron chi connectivity index (χ3n) is 4.47. The molecule has 0 unspecified atom stereocenters. The minimum absolute atomic E-state index is 0. The number of carboxylic acid groups (broad SMARTS) is 1. The molecule has 1 heterocycles. The van der Waals surface area contributed by atoms with Crippen molar-refractivity contribution < 1.29 is 14.6 Å². The number of benzene rings is 3. The van der Waals surface area contributed by atoms with Gasteiger partial charge in [-0.1, -0.05) is 42.5 Å². The fourth-order valence-corrected chi connectivity index (χ4v) is 3.23. The molecule has 0 aliphatic heterocycles. The topological polar surface area (TPSA) is 71.5 Å². The van der Waals surface area contributed by atoms with Crippen LogP contribution in [-0.2, 0) is 11.2 Å². The Labute approximate surface area is 168 Å². The van der Waals surface area contributed by atoms with Crippen LogP contribution >= 0.6 is 12.4 Å². The predicted molar refractivity (Wildman–Crippen MR) is 114 cm³/mol. The number of nitrogens with one attached hydrogen (secondary N) is 1. The van der Waals surface area contributed by atoms with Crippen LogP contribution in [0.3, 0.4) is 0 Å². The van der Waals surface area contributed by atoms with Crippen LogP contribution < -0.4 is 10.1 Å². The molecule has 3 aromatic carbocycles. The van der Waals surface area contributed by atoms with Crippen molar-refractivity contribution in [1.29, 1.82) is 0 Å². The van der Waals surface area contributed by atoms with Crippen molar-refractivity contribution >= 4 is 51.6 Å².